The van der Waals surface area contributed by atoms with Crippen LogP contribution in [0.5, 0.6) is 11.8 Å². The second-order valence-electron chi connectivity index (χ2n) is 2.58. The van der Waals surface area contributed by atoms with E-state index in [0.29, 0.717) is 11.8 Å². The lowest BCUT2D eigenvalue weighted by molar-refractivity contribution is 0.228. The van der Waals surface area contributed by atoms with E-state index in [2.05, 4.69) is 10.2 Å². The Morgan fingerprint density at radius 1 is 1.17 bits per heavy atom. The van der Waals surface area contributed by atoms with Crippen molar-refractivity contribution in [3.8, 4) is 11.8 Å². The molecular formula is C8H12N2O2. The van der Waals surface area contributed by atoms with E-state index in [1.165, 1.54) is 0 Å². The number of aromatic nitrogens is 2. The highest BCUT2D eigenvalue weighted by atomic mass is 16.5. The van der Waals surface area contributed by atoms with Crippen LogP contribution in [0.15, 0.2) is 12.1 Å². The van der Waals surface area contributed by atoms with Crippen LogP contribution in [0.3, 0.4) is 0 Å². The average molecular weight is 168 g/mol. The van der Waals surface area contributed by atoms with E-state index in [-0.39, 0.29) is 6.10 Å². The Bertz CT molecular complexity index is 233. The van der Waals surface area contributed by atoms with Crippen molar-refractivity contribution < 1.29 is 9.47 Å². The molecule has 1 rings (SSSR count). The maximum Gasteiger partial charge on any atom is 0.233 e. The van der Waals surface area contributed by atoms with Crippen molar-refractivity contribution in [2.75, 3.05) is 7.11 Å². The zero-order valence-corrected chi connectivity index (χ0v) is 7.44. The van der Waals surface area contributed by atoms with Crippen LogP contribution in [0.1, 0.15) is 13.8 Å². The number of hydrogen-bond donors (Lipinski definition) is 0. The lowest BCUT2D eigenvalue weighted by atomic mass is 10.5. The maximum absolute atomic E-state index is 5.28. The first kappa shape index (κ1) is 8.77. The summed E-state index contributed by atoms with van der Waals surface area (Å²) in [4.78, 5) is 0. The van der Waals surface area contributed by atoms with Gasteiger partial charge in [-0.3, -0.25) is 0 Å². The van der Waals surface area contributed by atoms with E-state index >= 15 is 0 Å². The van der Waals surface area contributed by atoms with Gasteiger partial charge in [-0.1, -0.05) is 0 Å². The lowest BCUT2D eigenvalue weighted by Crippen LogP contribution is -2.07. The largest absolute Gasteiger partial charge is 0.480 e. The number of hydrogen-bond acceptors (Lipinski definition) is 4. The van der Waals surface area contributed by atoms with Crippen molar-refractivity contribution in [2.24, 2.45) is 0 Å². The number of rotatable bonds is 3. The number of ether oxygens (including phenoxy) is 2. The van der Waals surface area contributed by atoms with Gasteiger partial charge in [0.2, 0.25) is 11.8 Å². The van der Waals surface area contributed by atoms with Crippen LogP contribution < -0.4 is 9.47 Å². The van der Waals surface area contributed by atoms with Crippen LogP contribution in [0, 0.1) is 0 Å². The third-order valence-electron chi connectivity index (χ3n) is 1.18. The molecule has 1 heterocycles. The minimum absolute atomic E-state index is 0.118. The molecule has 66 valence electrons. The molecule has 0 saturated heterocycles. The lowest BCUT2D eigenvalue weighted by Gasteiger charge is -2.07. The van der Waals surface area contributed by atoms with E-state index in [1.807, 2.05) is 13.8 Å². The van der Waals surface area contributed by atoms with Gasteiger partial charge < -0.3 is 9.47 Å². The molecule has 0 aliphatic carbocycles. The van der Waals surface area contributed by atoms with Gasteiger partial charge in [0, 0.05) is 12.1 Å². The minimum atomic E-state index is 0.118. The zero-order valence-electron chi connectivity index (χ0n) is 7.44. The van der Waals surface area contributed by atoms with Crippen molar-refractivity contribution in [2.45, 2.75) is 20.0 Å². The summed E-state index contributed by atoms with van der Waals surface area (Å²) in [5.74, 6) is 1.01. The molecule has 0 unspecified atom stereocenters. The molecule has 0 saturated carbocycles. The fourth-order valence-corrected chi connectivity index (χ4v) is 0.721. The standard InChI is InChI=1S/C8H12N2O2/c1-6(2)12-8-5-4-7(11-3)9-10-8/h4-6H,1-3H3. The molecule has 0 amide bonds. The predicted molar refractivity (Wildman–Crippen MR) is 44.3 cm³/mol. The second-order valence-corrected chi connectivity index (χ2v) is 2.58. The summed E-state index contributed by atoms with van der Waals surface area (Å²) < 4.78 is 10.1. The van der Waals surface area contributed by atoms with E-state index in [1.54, 1.807) is 19.2 Å². The van der Waals surface area contributed by atoms with Crippen molar-refractivity contribution in [1.29, 1.82) is 0 Å². The predicted octanol–water partition coefficient (Wildman–Crippen LogP) is 1.27. The second kappa shape index (κ2) is 3.90. The highest BCUT2D eigenvalue weighted by molar-refractivity contribution is 5.15. The van der Waals surface area contributed by atoms with Gasteiger partial charge in [-0.25, -0.2) is 0 Å². The topological polar surface area (TPSA) is 44.2 Å². The third-order valence-corrected chi connectivity index (χ3v) is 1.18. The van der Waals surface area contributed by atoms with E-state index in [0.717, 1.165) is 0 Å². The molecule has 0 aromatic carbocycles. The van der Waals surface area contributed by atoms with Crippen LogP contribution >= 0.6 is 0 Å². The fraction of sp³-hybridized carbons (Fsp3) is 0.500. The van der Waals surface area contributed by atoms with Crippen molar-refractivity contribution >= 4 is 0 Å². The van der Waals surface area contributed by atoms with Crippen molar-refractivity contribution in [3.05, 3.63) is 12.1 Å². The monoisotopic (exact) mass is 168 g/mol. The first-order valence-corrected chi connectivity index (χ1v) is 3.76. The van der Waals surface area contributed by atoms with Gasteiger partial charge in [0.05, 0.1) is 13.2 Å². The van der Waals surface area contributed by atoms with Gasteiger partial charge >= 0.3 is 0 Å². The highest BCUT2D eigenvalue weighted by Crippen LogP contribution is 2.10. The summed E-state index contributed by atoms with van der Waals surface area (Å²) in [6.45, 7) is 3.87. The van der Waals surface area contributed by atoms with Gasteiger partial charge in [0.1, 0.15) is 0 Å². The molecule has 0 spiro atoms. The normalized spacial score (nSPS) is 10.0. The molecule has 4 nitrogen and oxygen atoms in total. The summed E-state index contributed by atoms with van der Waals surface area (Å²) in [7, 11) is 1.55. The van der Waals surface area contributed by atoms with Crippen LogP contribution in [0.4, 0.5) is 0 Å². The number of nitrogens with zero attached hydrogens (tertiary/aromatic N) is 2. The molecule has 1 aromatic heterocycles. The van der Waals surface area contributed by atoms with Gasteiger partial charge in [-0.05, 0) is 13.8 Å². The van der Waals surface area contributed by atoms with Crippen molar-refractivity contribution in [1.82, 2.24) is 10.2 Å². The smallest absolute Gasteiger partial charge is 0.233 e. The maximum atomic E-state index is 5.28. The zero-order chi connectivity index (χ0) is 8.97. The summed E-state index contributed by atoms with van der Waals surface area (Å²) in [6, 6.07) is 3.44. The van der Waals surface area contributed by atoms with E-state index < -0.39 is 0 Å². The average Bonchev–Trinajstić information content (AvgIpc) is 2.05. The summed E-state index contributed by atoms with van der Waals surface area (Å²) in [5.41, 5.74) is 0. The molecule has 0 radical (unpaired) electrons. The Kier molecular flexibility index (Phi) is 2.85. The summed E-state index contributed by atoms with van der Waals surface area (Å²) >= 11 is 0. The first-order valence-electron chi connectivity index (χ1n) is 3.76. The Morgan fingerprint density at radius 3 is 2.17 bits per heavy atom. The Hall–Kier alpha value is -1.32. The van der Waals surface area contributed by atoms with Gasteiger partial charge in [0.15, 0.2) is 0 Å². The summed E-state index contributed by atoms with van der Waals surface area (Å²) in [6.07, 6.45) is 0.118. The quantitative estimate of drug-likeness (QED) is 0.681. The summed E-state index contributed by atoms with van der Waals surface area (Å²) in [5, 5.41) is 7.55. The Labute approximate surface area is 71.5 Å². The third kappa shape index (κ3) is 2.38. The highest BCUT2D eigenvalue weighted by Gasteiger charge is 1.99. The molecule has 0 atom stereocenters. The van der Waals surface area contributed by atoms with Crippen LogP contribution in [0.25, 0.3) is 0 Å². The van der Waals surface area contributed by atoms with Gasteiger partial charge in [0.25, 0.3) is 0 Å². The molecule has 4 heteroatoms. The molecule has 0 fully saturated rings. The van der Waals surface area contributed by atoms with Crippen molar-refractivity contribution in [3.63, 3.8) is 0 Å². The molecule has 0 aliphatic rings. The van der Waals surface area contributed by atoms with Crippen LogP contribution in [-0.2, 0) is 0 Å². The first-order chi connectivity index (χ1) is 5.72. The van der Waals surface area contributed by atoms with Gasteiger partial charge in [-0.2, -0.15) is 0 Å². The molecule has 0 aliphatic heterocycles. The molecule has 0 N–H and O–H groups in total. The molecule has 12 heavy (non-hydrogen) atoms. The van der Waals surface area contributed by atoms with Gasteiger partial charge in [-0.15, -0.1) is 10.2 Å². The minimum Gasteiger partial charge on any atom is -0.480 e. The SMILES string of the molecule is COc1ccc(OC(C)C)nn1. The Morgan fingerprint density at radius 2 is 1.75 bits per heavy atom. The molecule has 0 bridgehead atoms. The van der Waals surface area contributed by atoms with Crippen LogP contribution in [0.2, 0.25) is 0 Å². The number of methoxy groups -OCH3 is 1. The van der Waals surface area contributed by atoms with E-state index in [9.17, 15) is 0 Å². The van der Waals surface area contributed by atoms with E-state index in [4.69, 9.17) is 9.47 Å². The van der Waals surface area contributed by atoms with Crippen LogP contribution in [-0.4, -0.2) is 23.4 Å². The molecule has 1 aromatic rings. The Balaban J connectivity index is 2.65. The molecular weight excluding hydrogens is 156 g/mol. The fourth-order valence-electron chi connectivity index (χ4n) is 0.721.